The van der Waals surface area contributed by atoms with Crippen LogP contribution in [0.2, 0.25) is 0 Å². The van der Waals surface area contributed by atoms with Gasteiger partial charge in [-0.2, -0.15) is 5.10 Å². The first kappa shape index (κ1) is 14.4. The van der Waals surface area contributed by atoms with Gasteiger partial charge >= 0.3 is 0 Å². The van der Waals surface area contributed by atoms with Crippen LogP contribution in [0.3, 0.4) is 0 Å². The van der Waals surface area contributed by atoms with Crippen LogP contribution in [-0.2, 0) is 6.54 Å². The number of aryl methyl sites for hydroxylation is 1. The quantitative estimate of drug-likeness (QED) is 0.907. The van der Waals surface area contributed by atoms with E-state index in [0.29, 0.717) is 18.0 Å². The summed E-state index contributed by atoms with van der Waals surface area (Å²) in [5, 5.41) is 14.9. The number of nitrogens with zero attached hydrogens (tertiary/aromatic N) is 3. The fourth-order valence-electron chi connectivity index (χ4n) is 2.19. The zero-order chi connectivity index (χ0) is 14.7. The SMILES string of the molecule is CCn1ncc(OC)c1C(O)c1cccc(N(C)C)c1. The molecule has 0 aliphatic rings. The standard InChI is InChI=1S/C15H21N3O2/c1-5-18-14(13(20-4)10-16-18)15(19)11-7-6-8-12(9-11)17(2)3/h6-10,15,19H,5H2,1-4H3. The Bertz CT molecular complexity index is 557. The topological polar surface area (TPSA) is 50.5 Å². The first-order valence-electron chi connectivity index (χ1n) is 6.63. The van der Waals surface area contributed by atoms with Crippen molar-refractivity contribution >= 4 is 5.69 Å². The number of aliphatic hydroxyl groups is 1. The van der Waals surface area contributed by atoms with Gasteiger partial charge in [0, 0.05) is 26.3 Å². The number of hydrogen-bond acceptors (Lipinski definition) is 4. The molecule has 0 spiro atoms. The van der Waals surface area contributed by atoms with Crippen molar-refractivity contribution in [2.45, 2.75) is 19.6 Å². The van der Waals surface area contributed by atoms with E-state index < -0.39 is 6.10 Å². The van der Waals surface area contributed by atoms with E-state index in [1.165, 1.54) is 0 Å². The van der Waals surface area contributed by atoms with Gasteiger partial charge in [0.1, 0.15) is 11.8 Å². The summed E-state index contributed by atoms with van der Waals surface area (Å²) in [5.74, 6) is 0.606. The van der Waals surface area contributed by atoms with Crippen LogP contribution in [-0.4, -0.2) is 36.1 Å². The van der Waals surface area contributed by atoms with Gasteiger partial charge < -0.3 is 14.7 Å². The number of aromatic nitrogens is 2. The van der Waals surface area contributed by atoms with E-state index >= 15 is 0 Å². The maximum Gasteiger partial charge on any atom is 0.163 e. The summed E-state index contributed by atoms with van der Waals surface area (Å²) in [4.78, 5) is 2.00. The van der Waals surface area contributed by atoms with Gasteiger partial charge in [-0.05, 0) is 24.6 Å². The molecule has 0 saturated heterocycles. The highest BCUT2D eigenvalue weighted by Gasteiger charge is 2.21. The number of ether oxygens (including phenoxy) is 1. The van der Waals surface area contributed by atoms with Crippen LogP contribution in [0.15, 0.2) is 30.5 Å². The Morgan fingerprint density at radius 1 is 1.40 bits per heavy atom. The number of hydrogen-bond donors (Lipinski definition) is 1. The van der Waals surface area contributed by atoms with E-state index in [-0.39, 0.29) is 0 Å². The third kappa shape index (κ3) is 2.63. The molecule has 0 aliphatic heterocycles. The smallest absolute Gasteiger partial charge is 0.163 e. The fraction of sp³-hybridized carbons (Fsp3) is 0.400. The van der Waals surface area contributed by atoms with Crippen molar-refractivity contribution in [3.63, 3.8) is 0 Å². The lowest BCUT2D eigenvalue weighted by Gasteiger charge is -2.18. The van der Waals surface area contributed by atoms with Crippen LogP contribution in [0, 0.1) is 0 Å². The molecule has 1 atom stereocenters. The highest BCUT2D eigenvalue weighted by Crippen LogP contribution is 2.31. The Hall–Kier alpha value is -2.01. The summed E-state index contributed by atoms with van der Waals surface area (Å²) in [7, 11) is 5.54. The highest BCUT2D eigenvalue weighted by molar-refractivity contribution is 5.49. The molecule has 2 aromatic rings. The molecule has 0 saturated carbocycles. The minimum absolute atomic E-state index is 0.606. The second-order valence-corrected chi connectivity index (χ2v) is 4.81. The monoisotopic (exact) mass is 275 g/mol. The fourth-order valence-corrected chi connectivity index (χ4v) is 2.19. The van der Waals surface area contributed by atoms with E-state index in [1.807, 2.05) is 50.2 Å². The van der Waals surface area contributed by atoms with Crippen LogP contribution >= 0.6 is 0 Å². The molecule has 1 heterocycles. The summed E-state index contributed by atoms with van der Waals surface area (Å²) in [6.07, 6.45) is 0.880. The Labute approximate surface area is 119 Å². The number of anilines is 1. The van der Waals surface area contributed by atoms with E-state index in [2.05, 4.69) is 5.10 Å². The van der Waals surface area contributed by atoms with Gasteiger partial charge in [0.2, 0.25) is 0 Å². The number of benzene rings is 1. The minimum Gasteiger partial charge on any atom is -0.493 e. The summed E-state index contributed by atoms with van der Waals surface area (Å²) >= 11 is 0. The lowest BCUT2D eigenvalue weighted by molar-refractivity contribution is 0.202. The molecule has 1 N–H and O–H groups in total. The summed E-state index contributed by atoms with van der Waals surface area (Å²) < 4.78 is 7.05. The Morgan fingerprint density at radius 2 is 2.15 bits per heavy atom. The Morgan fingerprint density at radius 3 is 2.75 bits per heavy atom. The van der Waals surface area contributed by atoms with Crippen LogP contribution in [0.25, 0.3) is 0 Å². The molecule has 0 amide bonds. The molecule has 0 bridgehead atoms. The normalized spacial score (nSPS) is 12.2. The van der Waals surface area contributed by atoms with Crippen molar-refractivity contribution in [3.8, 4) is 5.75 Å². The van der Waals surface area contributed by atoms with Gasteiger partial charge in [-0.25, -0.2) is 0 Å². The van der Waals surface area contributed by atoms with E-state index in [9.17, 15) is 5.11 Å². The average molecular weight is 275 g/mol. The van der Waals surface area contributed by atoms with Crippen molar-refractivity contribution in [1.29, 1.82) is 0 Å². The average Bonchev–Trinajstić information content (AvgIpc) is 2.89. The first-order chi connectivity index (χ1) is 9.58. The van der Waals surface area contributed by atoms with Gasteiger partial charge in [-0.1, -0.05) is 12.1 Å². The molecule has 5 heteroatoms. The molecule has 1 aromatic carbocycles. The molecular formula is C15H21N3O2. The van der Waals surface area contributed by atoms with E-state index in [0.717, 1.165) is 11.3 Å². The molecule has 0 fully saturated rings. The van der Waals surface area contributed by atoms with Crippen molar-refractivity contribution in [3.05, 3.63) is 41.7 Å². The summed E-state index contributed by atoms with van der Waals surface area (Å²) in [5.41, 5.74) is 2.55. The molecule has 0 radical (unpaired) electrons. The number of aliphatic hydroxyl groups excluding tert-OH is 1. The van der Waals surface area contributed by atoms with Gasteiger partial charge in [-0.15, -0.1) is 0 Å². The lowest BCUT2D eigenvalue weighted by atomic mass is 10.0. The van der Waals surface area contributed by atoms with Gasteiger partial charge in [-0.3, -0.25) is 4.68 Å². The van der Waals surface area contributed by atoms with Crippen molar-refractivity contribution in [2.24, 2.45) is 0 Å². The zero-order valence-corrected chi connectivity index (χ0v) is 12.4. The van der Waals surface area contributed by atoms with Crippen LogP contribution in [0.5, 0.6) is 5.75 Å². The third-order valence-corrected chi connectivity index (χ3v) is 3.33. The Kier molecular flexibility index (Phi) is 4.29. The summed E-state index contributed by atoms with van der Waals surface area (Å²) in [6, 6.07) is 7.82. The van der Waals surface area contributed by atoms with Crippen molar-refractivity contribution in [2.75, 3.05) is 26.1 Å². The van der Waals surface area contributed by atoms with Gasteiger partial charge in [0.05, 0.1) is 13.3 Å². The lowest BCUT2D eigenvalue weighted by Crippen LogP contribution is -2.12. The van der Waals surface area contributed by atoms with Crippen LogP contribution in [0.1, 0.15) is 24.3 Å². The number of rotatable bonds is 5. The largest absolute Gasteiger partial charge is 0.493 e. The van der Waals surface area contributed by atoms with Crippen molar-refractivity contribution < 1.29 is 9.84 Å². The molecular weight excluding hydrogens is 254 g/mol. The van der Waals surface area contributed by atoms with Gasteiger partial charge in [0.25, 0.3) is 0 Å². The third-order valence-electron chi connectivity index (χ3n) is 3.33. The van der Waals surface area contributed by atoms with Crippen molar-refractivity contribution in [1.82, 2.24) is 9.78 Å². The van der Waals surface area contributed by atoms with Gasteiger partial charge in [0.15, 0.2) is 5.75 Å². The number of methoxy groups -OCH3 is 1. The molecule has 2 rings (SSSR count). The summed E-state index contributed by atoms with van der Waals surface area (Å²) in [6.45, 7) is 2.67. The predicted molar refractivity (Wildman–Crippen MR) is 79.3 cm³/mol. The molecule has 20 heavy (non-hydrogen) atoms. The van der Waals surface area contributed by atoms with Crippen LogP contribution in [0.4, 0.5) is 5.69 Å². The highest BCUT2D eigenvalue weighted by atomic mass is 16.5. The maximum absolute atomic E-state index is 10.7. The Balaban J connectivity index is 2.43. The first-order valence-corrected chi connectivity index (χ1v) is 6.63. The maximum atomic E-state index is 10.7. The second-order valence-electron chi connectivity index (χ2n) is 4.81. The molecule has 1 unspecified atom stereocenters. The molecule has 5 nitrogen and oxygen atoms in total. The van der Waals surface area contributed by atoms with Crippen LogP contribution < -0.4 is 9.64 Å². The van der Waals surface area contributed by atoms with E-state index in [4.69, 9.17) is 4.74 Å². The minimum atomic E-state index is -0.757. The zero-order valence-electron chi connectivity index (χ0n) is 12.4. The molecule has 0 aliphatic carbocycles. The predicted octanol–water partition coefficient (Wildman–Crippen LogP) is 2.06. The second kappa shape index (κ2) is 5.96. The van der Waals surface area contributed by atoms with E-state index in [1.54, 1.807) is 18.0 Å². The molecule has 108 valence electrons. The molecule has 1 aromatic heterocycles.